The van der Waals surface area contributed by atoms with Crippen molar-refractivity contribution in [3.63, 3.8) is 0 Å². The lowest BCUT2D eigenvalue weighted by atomic mass is 10.2. The van der Waals surface area contributed by atoms with E-state index >= 15 is 0 Å². The van der Waals surface area contributed by atoms with Gasteiger partial charge in [-0.3, -0.25) is 14.9 Å². The van der Waals surface area contributed by atoms with E-state index in [-0.39, 0.29) is 17.4 Å². The lowest BCUT2D eigenvalue weighted by Gasteiger charge is -2.08. The highest BCUT2D eigenvalue weighted by Crippen LogP contribution is 2.28. The molecule has 1 atom stereocenters. The Morgan fingerprint density at radius 3 is 2.83 bits per heavy atom. The van der Waals surface area contributed by atoms with Crippen molar-refractivity contribution in [2.45, 2.75) is 24.3 Å². The van der Waals surface area contributed by atoms with E-state index in [4.69, 9.17) is 16.7 Å². The predicted molar refractivity (Wildman–Crippen MR) is 71.1 cm³/mol. The monoisotopic (exact) mass is 289 g/mol. The minimum atomic E-state index is -0.874. The Morgan fingerprint density at radius 1 is 1.61 bits per heavy atom. The van der Waals surface area contributed by atoms with Crippen molar-refractivity contribution >= 4 is 35.0 Å². The summed E-state index contributed by atoms with van der Waals surface area (Å²) in [6, 6.07) is 4.49. The predicted octanol–water partition coefficient (Wildman–Crippen LogP) is 3.34. The molecule has 1 aromatic rings. The Kier molecular flexibility index (Phi) is 5.43. The van der Waals surface area contributed by atoms with Crippen molar-refractivity contribution in [3.05, 3.63) is 38.9 Å². The molecule has 0 spiro atoms. The van der Waals surface area contributed by atoms with Crippen LogP contribution in [-0.4, -0.2) is 21.2 Å². The molecule has 1 aromatic carbocycles. The molecule has 0 aliphatic carbocycles. The summed E-state index contributed by atoms with van der Waals surface area (Å²) in [5, 5.41) is 19.7. The highest BCUT2D eigenvalue weighted by Gasteiger charge is 2.16. The second-order valence-corrected chi connectivity index (χ2v) is 5.61. The van der Waals surface area contributed by atoms with Gasteiger partial charge >= 0.3 is 5.97 Å². The first kappa shape index (κ1) is 14.8. The summed E-state index contributed by atoms with van der Waals surface area (Å²) in [6.07, 6.45) is 0.0338. The van der Waals surface area contributed by atoms with Gasteiger partial charge in [0, 0.05) is 27.7 Å². The van der Waals surface area contributed by atoms with Gasteiger partial charge < -0.3 is 5.11 Å². The fourth-order valence-corrected chi connectivity index (χ4v) is 2.50. The molecule has 0 aliphatic heterocycles. The van der Waals surface area contributed by atoms with Crippen molar-refractivity contribution in [2.75, 3.05) is 0 Å². The normalized spacial score (nSPS) is 12.1. The van der Waals surface area contributed by atoms with E-state index in [1.54, 1.807) is 19.1 Å². The molecule has 18 heavy (non-hydrogen) atoms. The first-order valence-corrected chi connectivity index (χ1v) is 6.59. The second kappa shape index (κ2) is 6.61. The number of nitrogens with zero attached hydrogens (tertiary/aromatic N) is 1. The number of carbonyl (C=O) groups is 1. The third-order valence-corrected chi connectivity index (χ3v) is 3.68. The fourth-order valence-electron chi connectivity index (χ4n) is 1.37. The van der Waals surface area contributed by atoms with E-state index < -0.39 is 10.9 Å². The molecule has 0 radical (unpaired) electrons. The quantitative estimate of drug-likeness (QED) is 0.641. The summed E-state index contributed by atoms with van der Waals surface area (Å²) in [5.41, 5.74) is 0.518. The summed E-state index contributed by atoms with van der Waals surface area (Å²) in [6.45, 7) is 1.78. The average molecular weight is 290 g/mol. The van der Waals surface area contributed by atoms with Crippen LogP contribution in [-0.2, 0) is 10.5 Å². The standard InChI is InChI=1S/C11H12ClNO4S/c1-7(4-11(14)15)18-6-8-2-3-9(12)5-10(8)13(16)17/h2-3,5,7H,4,6H2,1H3,(H,14,15). The van der Waals surface area contributed by atoms with Crippen LogP contribution in [0.5, 0.6) is 0 Å². The van der Waals surface area contributed by atoms with Crippen molar-refractivity contribution in [2.24, 2.45) is 0 Å². The van der Waals surface area contributed by atoms with Gasteiger partial charge in [0.05, 0.1) is 11.3 Å². The van der Waals surface area contributed by atoms with E-state index in [2.05, 4.69) is 0 Å². The van der Waals surface area contributed by atoms with Gasteiger partial charge in [0.1, 0.15) is 0 Å². The third kappa shape index (κ3) is 4.54. The van der Waals surface area contributed by atoms with Gasteiger partial charge in [-0.2, -0.15) is 11.8 Å². The highest BCUT2D eigenvalue weighted by molar-refractivity contribution is 7.99. The molecule has 0 heterocycles. The molecule has 98 valence electrons. The highest BCUT2D eigenvalue weighted by atomic mass is 35.5. The minimum absolute atomic E-state index is 0.0301. The van der Waals surface area contributed by atoms with Crippen LogP contribution < -0.4 is 0 Å². The van der Waals surface area contributed by atoms with Gasteiger partial charge in [-0.1, -0.05) is 18.5 Å². The summed E-state index contributed by atoms with van der Waals surface area (Å²) in [4.78, 5) is 20.9. The van der Waals surface area contributed by atoms with Gasteiger partial charge in [0.15, 0.2) is 0 Å². The molecule has 1 unspecified atom stereocenters. The Balaban J connectivity index is 2.72. The number of thioether (sulfide) groups is 1. The molecule has 0 amide bonds. The van der Waals surface area contributed by atoms with Crippen LogP contribution in [0.15, 0.2) is 18.2 Å². The number of hydrogen-bond donors (Lipinski definition) is 1. The fraction of sp³-hybridized carbons (Fsp3) is 0.364. The molecule has 7 heteroatoms. The molecular weight excluding hydrogens is 278 g/mol. The van der Waals surface area contributed by atoms with Crippen LogP contribution in [0.1, 0.15) is 18.9 Å². The molecule has 1 N–H and O–H groups in total. The molecule has 0 saturated heterocycles. The zero-order valence-corrected chi connectivity index (χ0v) is 11.2. The van der Waals surface area contributed by atoms with Crippen molar-refractivity contribution < 1.29 is 14.8 Å². The number of hydrogen-bond acceptors (Lipinski definition) is 4. The number of benzene rings is 1. The molecule has 0 aromatic heterocycles. The summed E-state index contributed by atoms with van der Waals surface area (Å²) >= 11 is 7.07. The Labute approximate surface area is 113 Å². The molecule has 0 saturated carbocycles. The van der Waals surface area contributed by atoms with Gasteiger partial charge in [-0.15, -0.1) is 0 Å². The van der Waals surface area contributed by atoms with Crippen LogP contribution in [0.3, 0.4) is 0 Å². The number of nitro groups is 1. The zero-order valence-electron chi connectivity index (χ0n) is 9.63. The van der Waals surface area contributed by atoms with E-state index in [1.807, 2.05) is 0 Å². The maximum absolute atomic E-state index is 10.8. The van der Waals surface area contributed by atoms with Crippen molar-refractivity contribution in [1.29, 1.82) is 0 Å². The van der Waals surface area contributed by atoms with Crippen molar-refractivity contribution in [3.8, 4) is 0 Å². The minimum Gasteiger partial charge on any atom is -0.481 e. The third-order valence-electron chi connectivity index (χ3n) is 2.23. The average Bonchev–Trinajstić information content (AvgIpc) is 2.26. The van der Waals surface area contributed by atoms with E-state index in [0.717, 1.165) is 0 Å². The second-order valence-electron chi connectivity index (χ2n) is 3.75. The van der Waals surface area contributed by atoms with E-state index in [9.17, 15) is 14.9 Å². The first-order chi connectivity index (χ1) is 8.40. The van der Waals surface area contributed by atoms with Gasteiger partial charge in [0.25, 0.3) is 5.69 Å². The summed E-state index contributed by atoms with van der Waals surface area (Å²) in [7, 11) is 0. The molecule has 0 fully saturated rings. The lowest BCUT2D eigenvalue weighted by Crippen LogP contribution is -2.06. The number of carboxylic acids is 1. The van der Waals surface area contributed by atoms with E-state index in [0.29, 0.717) is 16.3 Å². The van der Waals surface area contributed by atoms with Gasteiger partial charge in [-0.25, -0.2) is 0 Å². The Morgan fingerprint density at radius 2 is 2.28 bits per heavy atom. The Hall–Kier alpha value is -1.27. The van der Waals surface area contributed by atoms with Gasteiger partial charge in [-0.05, 0) is 12.1 Å². The molecule has 0 bridgehead atoms. The number of carboxylic acid groups (broad SMARTS) is 1. The smallest absolute Gasteiger partial charge is 0.304 e. The SMILES string of the molecule is CC(CC(=O)O)SCc1ccc(Cl)cc1[N+](=O)[O-]. The molecule has 5 nitrogen and oxygen atoms in total. The van der Waals surface area contributed by atoms with Crippen molar-refractivity contribution in [1.82, 2.24) is 0 Å². The first-order valence-electron chi connectivity index (χ1n) is 5.16. The van der Waals surface area contributed by atoms with Crippen LogP contribution in [0.2, 0.25) is 5.02 Å². The Bertz CT molecular complexity index is 466. The van der Waals surface area contributed by atoms with Crippen LogP contribution >= 0.6 is 23.4 Å². The molecular formula is C11H12ClNO4S. The maximum atomic E-state index is 10.8. The summed E-state index contributed by atoms with van der Waals surface area (Å²) in [5.74, 6) is -0.484. The molecule has 0 aliphatic rings. The number of nitro benzene ring substituents is 1. The zero-order chi connectivity index (χ0) is 13.7. The van der Waals surface area contributed by atoms with E-state index in [1.165, 1.54) is 17.8 Å². The number of rotatable bonds is 6. The van der Waals surface area contributed by atoms with Gasteiger partial charge in [0.2, 0.25) is 0 Å². The lowest BCUT2D eigenvalue weighted by molar-refractivity contribution is -0.385. The van der Waals surface area contributed by atoms with Crippen LogP contribution in [0.25, 0.3) is 0 Å². The largest absolute Gasteiger partial charge is 0.481 e. The number of aliphatic carboxylic acids is 1. The van der Waals surface area contributed by atoms with Crippen LogP contribution in [0.4, 0.5) is 5.69 Å². The summed E-state index contributed by atoms with van der Waals surface area (Å²) < 4.78 is 0. The maximum Gasteiger partial charge on any atom is 0.304 e. The molecule has 1 rings (SSSR count). The van der Waals surface area contributed by atoms with Crippen LogP contribution in [0, 0.1) is 10.1 Å². The number of halogens is 1. The topological polar surface area (TPSA) is 80.4 Å².